The van der Waals surface area contributed by atoms with Gasteiger partial charge in [-0.15, -0.1) is 0 Å². The second kappa shape index (κ2) is 9.14. The van der Waals surface area contributed by atoms with Crippen LogP contribution < -0.4 is 0 Å². The molecule has 3 aromatic heterocycles. The van der Waals surface area contributed by atoms with E-state index in [0.29, 0.717) is 0 Å². The van der Waals surface area contributed by atoms with Gasteiger partial charge in [0.2, 0.25) is 0 Å². The third-order valence-electron chi connectivity index (χ3n) is 5.07. The quantitative estimate of drug-likeness (QED) is 0.311. The minimum atomic E-state index is 0.804. The van der Waals surface area contributed by atoms with Gasteiger partial charge in [-0.05, 0) is 42.5 Å². The second-order valence-corrected chi connectivity index (χ2v) is 7.20. The summed E-state index contributed by atoms with van der Waals surface area (Å²) in [5, 5.41) is 5.96. The Kier molecular flexibility index (Phi) is 5.58. The topological polar surface area (TPSA) is 43.9 Å². The maximum Gasteiger partial charge on any atom is 0.152 e. The van der Waals surface area contributed by atoms with E-state index in [1.54, 1.807) is 6.26 Å². The van der Waals surface area contributed by atoms with Crippen LogP contribution in [0.2, 0.25) is 0 Å². The lowest BCUT2D eigenvalue weighted by atomic mass is 10.1. The molecule has 4 heteroatoms. The van der Waals surface area contributed by atoms with Crippen LogP contribution in [-0.4, -0.2) is 14.8 Å². The van der Waals surface area contributed by atoms with E-state index in [-0.39, 0.29) is 0 Å². The largest absolute Gasteiger partial charge is 0.463 e. The van der Waals surface area contributed by atoms with Crippen molar-refractivity contribution in [2.45, 2.75) is 0 Å². The van der Waals surface area contributed by atoms with E-state index >= 15 is 0 Å². The van der Waals surface area contributed by atoms with Gasteiger partial charge in [-0.1, -0.05) is 72.8 Å². The van der Waals surface area contributed by atoms with Crippen LogP contribution in [0.5, 0.6) is 0 Å². The highest BCUT2D eigenvalue weighted by Gasteiger charge is 2.14. The molecular weight excluding hydrogens is 394 g/mol. The molecule has 0 spiro atoms. The summed E-state index contributed by atoms with van der Waals surface area (Å²) in [5.74, 6) is 0.804. The van der Waals surface area contributed by atoms with Gasteiger partial charge in [0.05, 0.1) is 23.2 Å². The molecule has 0 saturated heterocycles. The summed E-state index contributed by atoms with van der Waals surface area (Å²) in [4.78, 5) is 4.18. The van der Waals surface area contributed by atoms with Gasteiger partial charge < -0.3 is 4.42 Å². The van der Waals surface area contributed by atoms with E-state index in [9.17, 15) is 0 Å². The summed E-state index contributed by atoms with van der Waals surface area (Å²) in [7, 11) is 0. The van der Waals surface area contributed by atoms with Crippen molar-refractivity contribution in [3.8, 4) is 28.4 Å². The molecule has 3 aromatic carbocycles. The van der Waals surface area contributed by atoms with Crippen molar-refractivity contribution in [1.82, 2.24) is 14.8 Å². The number of fused-ring (bicyclic) bond motifs is 1. The van der Waals surface area contributed by atoms with E-state index in [1.165, 1.54) is 5.39 Å². The van der Waals surface area contributed by atoms with Gasteiger partial charge in [0.1, 0.15) is 5.69 Å². The van der Waals surface area contributed by atoms with E-state index < -0.39 is 0 Å². The third kappa shape index (κ3) is 4.20. The van der Waals surface area contributed by atoms with Gasteiger partial charge >= 0.3 is 0 Å². The van der Waals surface area contributed by atoms with E-state index in [0.717, 1.165) is 33.9 Å². The Morgan fingerprint density at radius 3 is 2.12 bits per heavy atom. The molecule has 0 amide bonds. The minimum Gasteiger partial charge on any atom is -0.463 e. The summed E-state index contributed by atoms with van der Waals surface area (Å²) in [6.45, 7) is 0. The molecule has 0 radical (unpaired) electrons. The van der Waals surface area contributed by atoms with Gasteiger partial charge in [-0.25, -0.2) is 4.68 Å². The van der Waals surface area contributed by atoms with Crippen LogP contribution in [0.3, 0.4) is 0 Å². The molecule has 0 aliphatic heterocycles. The Hall–Kier alpha value is -4.44. The number of hydrogen-bond acceptors (Lipinski definition) is 3. The Morgan fingerprint density at radius 1 is 0.656 bits per heavy atom. The summed E-state index contributed by atoms with van der Waals surface area (Å²) in [5.41, 5.74) is 5.02. The molecule has 4 nitrogen and oxygen atoms in total. The van der Waals surface area contributed by atoms with Crippen molar-refractivity contribution in [2.24, 2.45) is 0 Å². The Morgan fingerprint density at radius 2 is 1.38 bits per heavy atom. The van der Waals surface area contributed by atoms with Crippen molar-refractivity contribution >= 4 is 10.9 Å². The lowest BCUT2D eigenvalue weighted by molar-refractivity contribution is 0.577. The highest BCUT2D eigenvalue weighted by Crippen LogP contribution is 2.28. The SMILES string of the molecule is c1ccc(-c2cc(-c3ccco3)n(-c3ccccc3)n2)cc1.c1ccc2ncccc2c1. The molecule has 6 rings (SSSR count). The van der Waals surface area contributed by atoms with Crippen LogP contribution in [0.4, 0.5) is 0 Å². The molecule has 0 unspecified atom stereocenters. The zero-order valence-corrected chi connectivity index (χ0v) is 17.4. The first-order valence-corrected chi connectivity index (χ1v) is 10.4. The zero-order valence-electron chi connectivity index (χ0n) is 17.4. The average Bonchev–Trinajstić information content (AvgIpc) is 3.56. The predicted octanol–water partition coefficient (Wildman–Crippen LogP) is 7.03. The molecule has 0 aliphatic rings. The highest BCUT2D eigenvalue weighted by atomic mass is 16.3. The second-order valence-electron chi connectivity index (χ2n) is 7.20. The normalized spacial score (nSPS) is 10.5. The molecule has 0 bridgehead atoms. The van der Waals surface area contributed by atoms with Crippen molar-refractivity contribution < 1.29 is 4.42 Å². The standard InChI is InChI=1S/C19H14N2O.C9H7N/c1-3-8-15(9-4-1)17-14-18(19-12-7-13-22-19)21(20-17)16-10-5-2-6-11-16;1-2-6-9-8(4-1)5-3-7-10-9/h1-14H;1-7H. The lowest BCUT2D eigenvalue weighted by Gasteiger charge is -2.04. The van der Waals surface area contributed by atoms with Crippen molar-refractivity contribution in [3.63, 3.8) is 0 Å². The van der Waals surface area contributed by atoms with E-state index in [1.807, 2.05) is 95.8 Å². The van der Waals surface area contributed by atoms with Gasteiger partial charge in [0, 0.05) is 17.1 Å². The van der Waals surface area contributed by atoms with Crippen LogP contribution in [0.15, 0.2) is 132 Å². The fourth-order valence-corrected chi connectivity index (χ4v) is 3.51. The van der Waals surface area contributed by atoms with Gasteiger partial charge in [-0.3, -0.25) is 4.98 Å². The molecular formula is C28H21N3O. The first-order chi connectivity index (χ1) is 15.9. The molecule has 0 saturated carbocycles. The Labute approximate surface area is 186 Å². The number of furan rings is 1. The summed E-state index contributed by atoms with van der Waals surface area (Å²) >= 11 is 0. The average molecular weight is 415 g/mol. The van der Waals surface area contributed by atoms with E-state index in [4.69, 9.17) is 9.52 Å². The van der Waals surface area contributed by atoms with Crippen molar-refractivity contribution in [3.05, 3.63) is 128 Å². The maximum absolute atomic E-state index is 5.57. The summed E-state index contributed by atoms with van der Waals surface area (Å²) in [6, 6.07) is 38.2. The molecule has 0 fully saturated rings. The number of rotatable bonds is 3. The molecule has 0 N–H and O–H groups in total. The number of para-hydroxylation sites is 2. The summed E-state index contributed by atoms with van der Waals surface area (Å²) < 4.78 is 7.49. The number of nitrogens with zero attached hydrogens (tertiary/aromatic N) is 3. The minimum absolute atomic E-state index is 0.804. The van der Waals surface area contributed by atoms with Crippen LogP contribution in [-0.2, 0) is 0 Å². The van der Waals surface area contributed by atoms with Crippen molar-refractivity contribution in [1.29, 1.82) is 0 Å². The fourth-order valence-electron chi connectivity index (χ4n) is 3.51. The van der Waals surface area contributed by atoms with Crippen LogP contribution in [0, 0.1) is 0 Å². The number of aromatic nitrogens is 3. The smallest absolute Gasteiger partial charge is 0.152 e. The first-order valence-electron chi connectivity index (χ1n) is 10.4. The zero-order chi connectivity index (χ0) is 21.6. The van der Waals surface area contributed by atoms with E-state index in [2.05, 4.69) is 35.3 Å². The van der Waals surface area contributed by atoms with Crippen LogP contribution in [0.1, 0.15) is 0 Å². The fraction of sp³-hybridized carbons (Fsp3) is 0. The number of pyridine rings is 1. The molecule has 0 aliphatic carbocycles. The molecule has 3 heterocycles. The molecule has 0 atom stereocenters. The molecule has 32 heavy (non-hydrogen) atoms. The van der Waals surface area contributed by atoms with Crippen LogP contribution >= 0.6 is 0 Å². The lowest BCUT2D eigenvalue weighted by Crippen LogP contribution is -1.98. The van der Waals surface area contributed by atoms with Gasteiger partial charge in [0.15, 0.2) is 5.76 Å². The molecule has 154 valence electrons. The Balaban J connectivity index is 0.000000180. The van der Waals surface area contributed by atoms with Crippen molar-refractivity contribution in [2.75, 3.05) is 0 Å². The number of hydrogen-bond donors (Lipinski definition) is 0. The summed E-state index contributed by atoms with van der Waals surface area (Å²) in [6.07, 6.45) is 3.49. The maximum atomic E-state index is 5.57. The monoisotopic (exact) mass is 415 g/mol. The first kappa shape index (κ1) is 19.5. The third-order valence-corrected chi connectivity index (χ3v) is 5.07. The van der Waals surface area contributed by atoms with Gasteiger partial charge in [-0.2, -0.15) is 5.10 Å². The predicted molar refractivity (Wildman–Crippen MR) is 128 cm³/mol. The highest BCUT2D eigenvalue weighted by molar-refractivity contribution is 5.77. The molecule has 6 aromatic rings. The van der Waals surface area contributed by atoms with Gasteiger partial charge in [0.25, 0.3) is 0 Å². The van der Waals surface area contributed by atoms with Crippen LogP contribution in [0.25, 0.3) is 39.3 Å². The Bertz CT molecular complexity index is 1340. The number of benzene rings is 3.